The van der Waals surface area contributed by atoms with Crippen LogP contribution in [0, 0.1) is 20.8 Å². The first kappa shape index (κ1) is 17.3. The van der Waals surface area contributed by atoms with Crippen molar-refractivity contribution < 1.29 is 14.9 Å². The predicted molar refractivity (Wildman–Crippen MR) is 88.5 cm³/mol. The van der Waals surface area contributed by atoms with E-state index in [2.05, 4.69) is 30.9 Å². The predicted octanol–water partition coefficient (Wildman–Crippen LogP) is 2.20. The van der Waals surface area contributed by atoms with Gasteiger partial charge in [-0.3, -0.25) is 4.90 Å². The summed E-state index contributed by atoms with van der Waals surface area (Å²) in [6.45, 7) is 8.12. The molecule has 1 aliphatic heterocycles. The van der Waals surface area contributed by atoms with Crippen LogP contribution in [0.3, 0.4) is 0 Å². The maximum atomic E-state index is 10.3. The number of benzene rings is 1. The molecule has 0 saturated carbocycles. The van der Waals surface area contributed by atoms with Gasteiger partial charge in [0.2, 0.25) is 0 Å². The highest BCUT2D eigenvalue weighted by Gasteiger charge is 2.24. The zero-order valence-electron chi connectivity index (χ0n) is 14.0. The third-order valence-electron chi connectivity index (χ3n) is 4.70. The van der Waals surface area contributed by atoms with Crippen molar-refractivity contribution in [3.63, 3.8) is 0 Å². The van der Waals surface area contributed by atoms with E-state index in [1.807, 2.05) is 6.92 Å². The van der Waals surface area contributed by atoms with Gasteiger partial charge in [0.15, 0.2) is 0 Å². The molecule has 0 amide bonds. The Kier molecular flexibility index (Phi) is 6.24. The van der Waals surface area contributed by atoms with Gasteiger partial charge in [-0.25, -0.2) is 0 Å². The highest BCUT2D eigenvalue weighted by Crippen LogP contribution is 2.26. The summed E-state index contributed by atoms with van der Waals surface area (Å²) < 4.78 is 5.88. The monoisotopic (exact) mass is 307 g/mol. The van der Waals surface area contributed by atoms with Crippen molar-refractivity contribution >= 4 is 0 Å². The van der Waals surface area contributed by atoms with Crippen LogP contribution in [0.4, 0.5) is 0 Å². The Bertz CT molecular complexity index is 489. The number of piperidine rings is 1. The molecule has 2 atom stereocenters. The summed E-state index contributed by atoms with van der Waals surface area (Å²) in [6, 6.07) is 4.33. The summed E-state index contributed by atoms with van der Waals surface area (Å²) in [7, 11) is 0. The quantitative estimate of drug-likeness (QED) is 0.846. The highest BCUT2D eigenvalue weighted by molar-refractivity contribution is 5.44. The lowest BCUT2D eigenvalue weighted by atomic mass is 10.0. The van der Waals surface area contributed by atoms with Gasteiger partial charge in [-0.1, -0.05) is 18.6 Å². The van der Waals surface area contributed by atoms with Crippen molar-refractivity contribution in [1.82, 2.24) is 4.90 Å². The summed E-state index contributed by atoms with van der Waals surface area (Å²) in [4.78, 5) is 2.19. The molecular formula is C18H29NO3. The van der Waals surface area contributed by atoms with Crippen LogP contribution in [-0.2, 0) is 0 Å². The van der Waals surface area contributed by atoms with Gasteiger partial charge < -0.3 is 14.9 Å². The van der Waals surface area contributed by atoms with Crippen molar-refractivity contribution in [2.45, 2.75) is 52.2 Å². The van der Waals surface area contributed by atoms with Gasteiger partial charge in [0.1, 0.15) is 18.5 Å². The number of rotatable bonds is 6. The molecule has 0 bridgehead atoms. The van der Waals surface area contributed by atoms with E-state index in [4.69, 9.17) is 4.74 Å². The molecule has 0 unspecified atom stereocenters. The number of β-amino-alcohol motifs (C(OH)–C–C–N with tert-alkyl or cyclic N) is 1. The maximum Gasteiger partial charge on any atom is 0.125 e. The highest BCUT2D eigenvalue weighted by atomic mass is 16.5. The van der Waals surface area contributed by atoms with Crippen LogP contribution in [0.2, 0.25) is 0 Å². The molecule has 1 aromatic carbocycles. The third kappa shape index (κ3) is 4.22. The summed E-state index contributed by atoms with van der Waals surface area (Å²) >= 11 is 0. The lowest BCUT2D eigenvalue weighted by Gasteiger charge is -2.35. The van der Waals surface area contributed by atoms with Crippen molar-refractivity contribution in [3.05, 3.63) is 28.8 Å². The van der Waals surface area contributed by atoms with Gasteiger partial charge in [0.25, 0.3) is 0 Å². The number of aliphatic hydroxyl groups excluding tert-OH is 2. The minimum absolute atomic E-state index is 0.170. The second-order valence-corrected chi connectivity index (χ2v) is 6.45. The van der Waals surface area contributed by atoms with Gasteiger partial charge >= 0.3 is 0 Å². The van der Waals surface area contributed by atoms with E-state index in [0.717, 1.165) is 42.7 Å². The molecular weight excluding hydrogens is 278 g/mol. The molecule has 1 heterocycles. The Morgan fingerprint density at radius 3 is 2.68 bits per heavy atom. The number of aryl methyl sites for hydroxylation is 2. The molecule has 2 rings (SSSR count). The fourth-order valence-electron chi connectivity index (χ4n) is 3.16. The molecule has 22 heavy (non-hydrogen) atoms. The summed E-state index contributed by atoms with van der Waals surface area (Å²) in [6.07, 6.45) is 2.78. The van der Waals surface area contributed by atoms with E-state index >= 15 is 0 Å². The van der Waals surface area contributed by atoms with Crippen molar-refractivity contribution in [3.8, 4) is 5.75 Å². The first-order valence-corrected chi connectivity index (χ1v) is 8.25. The molecule has 2 N–H and O–H groups in total. The van der Waals surface area contributed by atoms with Crippen LogP contribution >= 0.6 is 0 Å². The van der Waals surface area contributed by atoms with Crippen molar-refractivity contribution in [2.24, 2.45) is 0 Å². The second kappa shape index (κ2) is 7.95. The van der Waals surface area contributed by atoms with Crippen LogP contribution in [0.25, 0.3) is 0 Å². The third-order valence-corrected chi connectivity index (χ3v) is 4.70. The minimum atomic E-state index is -0.536. The van der Waals surface area contributed by atoms with Crippen LogP contribution in [0.5, 0.6) is 5.75 Å². The average molecular weight is 307 g/mol. The Balaban J connectivity index is 1.90. The number of likely N-dealkylation sites (tertiary alicyclic amines) is 1. The number of hydrogen-bond donors (Lipinski definition) is 2. The standard InChI is InChI=1S/C18H29NO3/c1-13-7-8-14(2)18(15(13)3)22-12-17(21)10-19-9-5-4-6-16(19)11-20/h7-8,16-17,20-21H,4-6,9-12H2,1-3H3/t16-,17-/m0/s1. The fraction of sp³-hybridized carbons (Fsp3) is 0.667. The molecule has 1 aromatic rings. The Hall–Kier alpha value is -1.10. The first-order valence-electron chi connectivity index (χ1n) is 8.25. The van der Waals surface area contributed by atoms with Crippen LogP contribution in [0.15, 0.2) is 12.1 Å². The number of hydrogen-bond acceptors (Lipinski definition) is 4. The lowest BCUT2D eigenvalue weighted by Crippen LogP contribution is -2.46. The van der Waals surface area contributed by atoms with Crippen molar-refractivity contribution in [2.75, 3.05) is 26.3 Å². The summed E-state index contributed by atoms with van der Waals surface area (Å²) in [5.74, 6) is 0.886. The largest absolute Gasteiger partial charge is 0.490 e. The number of aliphatic hydroxyl groups is 2. The lowest BCUT2D eigenvalue weighted by molar-refractivity contribution is 0.0230. The van der Waals surface area contributed by atoms with Gasteiger partial charge in [-0.15, -0.1) is 0 Å². The van der Waals surface area contributed by atoms with Crippen LogP contribution in [-0.4, -0.2) is 53.6 Å². The Morgan fingerprint density at radius 1 is 1.23 bits per heavy atom. The fourth-order valence-corrected chi connectivity index (χ4v) is 3.16. The van der Waals surface area contributed by atoms with Crippen LogP contribution in [0.1, 0.15) is 36.0 Å². The molecule has 124 valence electrons. The van der Waals surface area contributed by atoms with Gasteiger partial charge in [0.05, 0.1) is 6.61 Å². The Labute approximate surface area is 133 Å². The first-order chi connectivity index (χ1) is 10.5. The normalized spacial score (nSPS) is 20.9. The molecule has 1 aliphatic rings. The van der Waals surface area contributed by atoms with Crippen LogP contribution < -0.4 is 4.74 Å². The smallest absolute Gasteiger partial charge is 0.125 e. The van der Waals surface area contributed by atoms with E-state index in [9.17, 15) is 10.2 Å². The second-order valence-electron chi connectivity index (χ2n) is 6.45. The average Bonchev–Trinajstić information content (AvgIpc) is 2.51. The van der Waals surface area contributed by atoms with E-state index in [1.54, 1.807) is 0 Å². The van der Waals surface area contributed by atoms with E-state index in [0.29, 0.717) is 13.2 Å². The SMILES string of the molecule is Cc1ccc(C)c(OC[C@@H](O)CN2CCCC[C@H]2CO)c1C. The molecule has 0 spiro atoms. The van der Waals surface area contributed by atoms with E-state index in [1.165, 1.54) is 5.56 Å². The number of ether oxygens (including phenoxy) is 1. The molecule has 1 fully saturated rings. The zero-order chi connectivity index (χ0) is 16.1. The molecule has 0 radical (unpaired) electrons. The summed E-state index contributed by atoms with van der Waals surface area (Å²) in [5.41, 5.74) is 3.44. The maximum absolute atomic E-state index is 10.3. The van der Waals surface area contributed by atoms with Gasteiger partial charge in [-0.05, 0) is 56.8 Å². The van der Waals surface area contributed by atoms with E-state index < -0.39 is 6.10 Å². The molecule has 4 nitrogen and oxygen atoms in total. The summed E-state index contributed by atoms with van der Waals surface area (Å²) in [5, 5.41) is 19.7. The zero-order valence-corrected chi connectivity index (χ0v) is 14.0. The van der Waals surface area contributed by atoms with Gasteiger partial charge in [-0.2, -0.15) is 0 Å². The van der Waals surface area contributed by atoms with Gasteiger partial charge in [0, 0.05) is 12.6 Å². The molecule has 0 aromatic heterocycles. The number of nitrogens with zero attached hydrogens (tertiary/aromatic N) is 1. The van der Waals surface area contributed by atoms with Crippen molar-refractivity contribution in [1.29, 1.82) is 0 Å². The minimum Gasteiger partial charge on any atom is -0.490 e. The Morgan fingerprint density at radius 2 is 1.95 bits per heavy atom. The molecule has 4 heteroatoms. The topological polar surface area (TPSA) is 52.9 Å². The molecule has 0 aliphatic carbocycles. The molecule has 1 saturated heterocycles. The van der Waals surface area contributed by atoms with E-state index in [-0.39, 0.29) is 12.6 Å².